The number of aryl methyl sites for hydroxylation is 4. The summed E-state index contributed by atoms with van der Waals surface area (Å²) in [5, 5.41) is 5.19. The van der Waals surface area contributed by atoms with Crippen LogP contribution in [0.25, 0.3) is 0 Å². The normalized spacial score (nSPS) is 19.4. The molecular formula is C35H36N4O5S2. The minimum absolute atomic E-state index is 0.0438. The van der Waals surface area contributed by atoms with Gasteiger partial charge in [0.1, 0.15) is 17.6 Å². The van der Waals surface area contributed by atoms with Gasteiger partial charge >= 0.3 is 0 Å². The molecule has 2 aliphatic rings. The number of carbonyl (C=O) groups excluding carboxylic acids is 4. The van der Waals surface area contributed by atoms with Crippen LogP contribution in [-0.4, -0.2) is 40.0 Å². The maximum Gasteiger partial charge on any atom is 0.246 e. The second-order valence-corrected chi connectivity index (χ2v) is 12.7. The van der Waals surface area contributed by atoms with Crippen LogP contribution in [0.4, 0.5) is 11.4 Å². The predicted molar refractivity (Wildman–Crippen MR) is 185 cm³/mol. The lowest BCUT2D eigenvalue weighted by atomic mass is 9.73. The van der Waals surface area contributed by atoms with Gasteiger partial charge in [0.05, 0.1) is 17.5 Å². The van der Waals surface area contributed by atoms with E-state index in [2.05, 4.69) is 10.6 Å². The van der Waals surface area contributed by atoms with Crippen LogP contribution in [0.15, 0.2) is 60.7 Å². The highest BCUT2D eigenvalue weighted by Gasteiger charge is 2.54. The fourth-order valence-corrected chi connectivity index (χ4v) is 6.62. The molecule has 3 aromatic rings. The average Bonchev–Trinajstić information content (AvgIpc) is 2.98. The third-order valence-corrected chi connectivity index (χ3v) is 9.06. The van der Waals surface area contributed by atoms with Gasteiger partial charge in [0, 0.05) is 5.92 Å². The van der Waals surface area contributed by atoms with Crippen molar-refractivity contribution >= 4 is 69.7 Å². The van der Waals surface area contributed by atoms with E-state index >= 15 is 0 Å². The Hall–Kier alpha value is -4.48. The monoisotopic (exact) mass is 656 g/mol. The number of hydrogen-bond acceptors (Lipinski definition) is 7. The second-order valence-electron chi connectivity index (χ2n) is 11.9. The largest absolute Gasteiger partial charge is 0.491 e. The van der Waals surface area contributed by atoms with E-state index in [9.17, 15) is 19.2 Å². The van der Waals surface area contributed by atoms with E-state index in [-0.39, 0.29) is 16.3 Å². The van der Waals surface area contributed by atoms with Gasteiger partial charge in [0.2, 0.25) is 23.6 Å². The second kappa shape index (κ2) is 13.1. The number of rotatable bonds is 8. The van der Waals surface area contributed by atoms with Crippen molar-refractivity contribution in [2.75, 3.05) is 9.80 Å². The number of anilines is 2. The lowest BCUT2D eigenvalue weighted by molar-refractivity contribution is -0.139. The minimum atomic E-state index is -1.49. The highest BCUT2D eigenvalue weighted by molar-refractivity contribution is 7.80. The van der Waals surface area contributed by atoms with Crippen LogP contribution < -0.4 is 25.2 Å². The Morgan fingerprint density at radius 2 is 1.15 bits per heavy atom. The zero-order chi connectivity index (χ0) is 33.4. The highest BCUT2D eigenvalue weighted by atomic mass is 32.1. The summed E-state index contributed by atoms with van der Waals surface area (Å²) in [6.07, 6.45) is 0.748. The molecule has 0 saturated carbocycles. The summed E-state index contributed by atoms with van der Waals surface area (Å²) in [6, 6.07) is 17.8. The molecule has 0 aromatic heterocycles. The van der Waals surface area contributed by atoms with E-state index in [1.165, 1.54) is 9.80 Å². The number of amides is 4. The quantitative estimate of drug-likeness (QED) is 0.250. The summed E-state index contributed by atoms with van der Waals surface area (Å²) in [7, 11) is 0. The van der Waals surface area contributed by atoms with Crippen molar-refractivity contribution < 1.29 is 23.9 Å². The van der Waals surface area contributed by atoms with Crippen molar-refractivity contribution in [3.05, 3.63) is 88.5 Å². The Kier molecular flexibility index (Phi) is 9.37. The molecule has 0 spiro atoms. The maximum absolute atomic E-state index is 14.5. The standard InChI is InChI=1S/C35H36N4O5S2/c1-7-22(6)44-24-12-10-23(11-13-24)27(28-30(40)36-34(45)38(32(28)42)25-14-8-18(2)16-20(25)4)29-31(41)37-35(46)39(33(29)43)26-15-9-19(3)17-21(26)5/h8-17,22,27-29H,7H2,1-6H3,(H,36,40,45)(H,37,41,46)/t22-,28-,29-/m0/s1. The maximum atomic E-state index is 14.5. The first-order chi connectivity index (χ1) is 21.8. The number of thiocarbonyl (C=S) groups is 2. The molecule has 0 aliphatic carbocycles. The Morgan fingerprint density at radius 1 is 0.717 bits per heavy atom. The molecule has 2 fully saturated rings. The average molecular weight is 657 g/mol. The zero-order valence-corrected chi connectivity index (χ0v) is 28.2. The molecule has 0 radical (unpaired) electrons. The number of nitrogens with one attached hydrogen (secondary N) is 2. The third kappa shape index (κ3) is 6.17. The lowest BCUT2D eigenvalue weighted by Gasteiger charge is -2.41. The number of benzene rings is 3. The van der Waals surface area contributed by atoms with Crippen LogP contribution in [0.5, 0.6) is 5.75 Å². The fraction of sp³-hybridized carbons (Fsp3) is 0.314. The van der Waals surface area contributed by atoms with E-state index < -0.39 is 41.4 Å². The smallest absolute Gasteiger partial charge is 0.246 e. The van der Waals surface area contributed by atoms with Crippen LogP contribution in [0.2, 0.25) is 0 Å². The Morgan fingerprint density at radius 3 is 1.54 bits per heavy atom. The molecule has 5 rings (SSSR count). The Balaban J connectivity index is 1.65. The minimum Gasteiger partial charge on any atom is -0.491 e. The van der Waals surface area contributed by atoms with Gasteiger partial charge in [-0.05, 0) is 106 Å². The van der Waals surface area contributed by atoms with Gasteiger partial charge in [-0.3, -0.25) is 29.0 Å². The van der Waals surface area contributed by atoms with Crippen molar-refractivity contribution in [3.8, 4) is 5.75 Å². The molecule has 3 atom stereocenters. The molecule has 11 heteroatoms. The van der Waals surface area contributed by atoms with Crippen molar-refractivity contribution in [1.82, 2.24) is 10.6 Å². The SMILES string of the molecule is CC[C@H](C)Oc1ccc(C([C@H]2C(=O)NC(=S)N(c3ccc(C)cc3C)C2=O)[C@H]2C(=O)NC(=S)N(c3ccc(C)cc3C)C2=O)cc1. The molecule has 2 N–H and O–H groups in total. The predicted octanol–water partition coefficient (Wildman–Crippen LogP) is 5.31. The first kappa shape index (κ1) is 32.9. The van der Waals surface area contributed by atoms with Crippen LogP contribution in [-0.2, 0) is 19.2 Å². The van der Waals surface area contributed by atoms with Gasteiger partial charge in [0.25, 0.3) is 0 Å². The van der Waals surface area contributed by atoms with E-state index in [1.54, 1.807) is 36.4 Å². The molecule has 2 heterocycles. The van der Waals surface area contributed by atoms with Crippen LogP contribution in [0, 0.1) is 39.5 Å². The third-order valence-electron chi connectivity index (χ3n) is 8.49. The van der Waals surface area contributed by atoms with E-state index in [1.807, 2.05) is 65.8 Å². The van der Waals surface area contributed by atoms with E-state index in [0.29, 0.717) is 22.7 Å². The van der Waals surface area contributed by atoms with Gasteiger partial charge in [-0.1, -0.05) is 54.4 Å². The summed E-state index contributed by atoms with van der Waals surface area (Å²) in [5.41, 5.74) is 4.94. The summed E-state index contributed by atoms with van der Waals surface area (Å²) < 4.78 is 5.95. The van der Waals surface area contributed by atoms with Crippen molar-refractivity contribution in [2.45, 2.75) is 60.0 Å². The van der Waals surface area contributed by atoms with E-state index in [0.717, 1.165) is 28.7 Å². The molecule has 3 aromatic carbocycles. The molecule has 4 amide bonds. The fourth-order valence-electron chi connectivity index (χ4n) is 6.04. The summed E-state index contributed by atoms with van der Waals surface area (Å²) in [5.74, 6) is -6.30. The van der Waals surface area contributed by atoms with Gasteiger partial charge in [-0.25, -0.2) is 0 Å². The number of nitrogens with zero attached hydrogens (tertiary/aromatic N) is 2. The summed E-state index contributed by atoms with van der Waals surface area (Å²) in [6.45, 7) is 11.5. The zero-order valence-electron chi connectivity index (χ0n) is 26.5. The van der Waals surface area contributed by atoms with Crippen LogP contribution in [0.1, 0.15) is 54.0 Å². The molecule has 0 unspecified atom stereocenters. The molecule has 2 aliphatic heterocycles. The van der Waals surface area contributed by atoms with Gasteiger partial charge in [-0.2, -0.15) is 0 Å². The molecule has 0 bridgehead atoms. The summed E-state index contributed by atoms with van der Waals surface area (Å²) >= 11 is 11.0. The van der Waals surface area contributed by atoms with Gasteiger partial charge in [0.15, 0.2) is 10.2 Å². The number of ether oxygens (including phenoxy) is 1. The van der Waals surface area contributed by atoms with Crippen molar-refractivity contribution in [3.63, 3.8) is 0 Å². The van der Waals surface area contributed by atoms with Gasteiger partial charge < -0.3 is 15.4 Å². The lowest BCUT2D eigenvalue weighted by Crippen LogP contribution is -2.64. The summed E-state index contributed by atoms with van der Waals surface area (Å²) in [4.78, 5) is 59.1. The molecule has 9 nitrogen and oxygen atoms in total. The first-order valence-electron chi connectivity index (χ1n) is 15.1. The number of carbonyl (C=O) groups is 4. The van der Waals surface area contributed by atoms with Crippen LogP contribution >= 0.6 is 24.4 Å². The molecule has 2 saturated heterocycles. The molecular weight excluding hydrogens is 621 g/mol. The molecule has 238 valence electrons. The van der Waals surface area contributed by atoms with Crippen LogP contribution in [0.3, 0.4) is 0 Å². The Labute approximate surface area is 279 Å². The Bertz CT molecular complexity index is 1670. The van der Waals surface area contributed by atoms with Crippen molar-refractivity contribution in [1.29, 1.82) is 0 Å². The van der Waals surface area contributed by atoms with Gasteiger partial charge in [-0.15, -0.1) is 0 Å². The highest BCUT2D eigenvalue weighted by Crippen LogP contribution is 2.41. The topological polar surface area (TPSA) is 108 Å². The van der Waals surface area contributed by atoms with Crippen molar-refractivity contribution in [2.24, 2.45) is 11.8 Å². The van der Waals surface area contributed by atoms with E-state index in [4.69, 9.17) is 29.2 Å². The number of hydrogen-bond donors (Lipinski definition) is 2. The molecule has 46 heavy (non-hydrogen) atoms. The first-order valence-corrected chi connectivity index (χ1v) is 15.9.